The van der Waals surface area contributed by atoms with Crippen molar-refractivity contribution in [1.82, 2.24) is 5.32 Å². The van der Waals surface area contributed by atoms with Crippen LogP contribution >= 0.6 is 0 Å². The SMILES string of the molecule is CCCNC1CCC(C)c2c1cc(OC)c(OC)c2OC. The lowest BCUT2D eigenvalue weighted by Crippen LogP contribution is -2.27. The maximum atomic E-state index is 5.67. The van der Waals surface area contributed by atoms with Gasteiger partial charge in [-0.25, -0.2) is 0 Å². The van der Waals surface area contributed by atoms with E-state index >= 15 is 0 Å². The van der Waals surface area contributed by atoms with Crippen molar-refractivity contribution in [3.63, 3.8) is 0 Å². The predicted molar refractivity (Wildman–Crippen MR) is 84.8 cm³/mol. The van der Waals surface area contributed by atoms with Crippen molar-refractivity contribution in [1.29, 1.82) is 0 Å². The van der Waals surface area contributed by atoms with Crippen molar-refractivity contribution in [2.24, 2.45) is 0 Å². The van der Waals surface area contributed by atoms with Crippen LogP contribution in [0.15, 0.2) is 6.07 Å². The Kier molecular flexibility index (Phi) is 5.34. The maximum absolute atomic E-state index is 5.67. The molecule has 0 radical (unpaired) electrons. The van der Waals surface area contributed by atoms with Crippen LogP contribution in [0, 0.1) is 0 Å². The minimum Gasteiger partial charge on any atom is -0.493 e. The molecule has 2 atom stereocenters. The Morgan fingerprint density at radius 1 is 1.10 bits per heavy atom. The minimum atomic E-state index is 0.366. The molecule has 0 spiro atoms. The van der Waals surface area contributed by atoms with E-state index in [2.05, 4.69) is 25.2 Å². The summed E-state index contributed by atoms with van der Waals surface area (Å²) >= 11 is 0. The van der Waals surface area contributed by atoms with E-state index in [0.717, 1.165) is 37.3 Å². The van der Waals surface area contributed by atoms with Gasteiger partial charge >= 0.3 is 0 Å². The molecule has 0 bridgehead atoms. The monoisotopic (exact) mass is 293 g/mol. The second-order valence-electron chi connectivity index (χ2n) is 5.63. The summed E-state index contributed by atoms with van der Waals surface area (Å²) in [6, 6.07) is 2.48. The highest BCUT2D eigenvalue weighted by molar-refractivity contribution is 5.61. The molecule has 1 aliphatic carbocycles. The first-order valence-corrected chi connectivity index (χ1v) is 7.74. The van der Waals surface area contributed by atoms with Crippen molar-refractivity contribution in [3.8, 4) is 17.2 Å². The van der Waals surface area contributed by atoms with Gasteiger partial charge < -0.3 is 19.5 Å². The third kappa shape index (κ3) is 2.95. The fourth-order valence-corrected chi connectivity index (χ4v) is 3.24. The molecule has 118 valence electrons. The number of hydrogen-bond acceptors (Lipinski definition) is 4. The standard InChI is InChI=1S/C17H27NO3/c1-6-9-18-13-8-7-11(2)15-12(13)10-14(19-3)16(20-4)17(15)21-5/h10-11,13,18H,6-9H2,1-5H3. The lowest BCUT2D eigenvalue weighted by molar-refractivity contribution is 0.314. The fraction of sp³-hybridized carbons (Fsp3) is 0.647. The second-order valence-corrected chi connectivity index (χ2v) is 5.63. The molecule has 0 amide bonds. The molecule has 4 nitrogen and oxygen atoms in total. The highest BCUT2D eigenvalue weighted by Gasteiger charge is 2.31. The van der Waals surface area contributed by atoms with Crippen LogP contribution in [0.3, 0.4) is 0 Å². The minimum absolute atomic E-state index is 0.366. The number of benzene rings is 1. The van der Waals surface area contributed by atoms with Gasteiger partial charge in [0.25, 0.3) is 0 Å². The quantitative estimate of drug-likeness (QED) is 0.869. The van der Waals surface area contributed by atoms with Crippen LogP contribution in [0.1, 0.15) is 56.2 Å². The Hall–Kier alpha value is -1.42. The number of hydrogen-bond donors (Lipinski definition) is 1. The molecule has 0 saturated heterocycles. The van der Waals surface area contributed by atoms with Gasteiger partial charge in [0.05, 0.1) is 21.3 Å². The molecular weight excluding hydrogens is 266 g/mol. The fourth-order valence-electron chi connectivity index (χ4n) is 3.24. The molecule has 2 rings (SSSR count). The first-order chi connectivity index (χ1) is 10.2. The first-order valence-electron chi connectivity index (χ1n) is 7.74. The van der Waals surface area contributed by atoms with Gasteiger partial charge in [0, 0.05) is 11.6 Å². The lowest BCUT2D eigenvalue weighted by Gasteiger charge is -2.33. The van der Waals surface area contributed by atoms with Gasteiger partial charge in [-0.05, 0) is 43.4 Å². The van der Waals surface area contributed by atoms with Gasteiger partial charge in [0.1, 0.15) is 0 Å². The largest absolute Gasteiger partial charge is 0.493 e. The third-order valence-electron chi connectivity index (χ3n) is 4.30. The molecule has 1 aromatic rings. The molecule has 0 saturated carbocycles. The van der Waals surface area contributed by atoms with E-state index in [1.807, 2.05) is 0 Å². The van der Waals surface area contributed by atoms with E-state index in [4.69, 9.17) is 14.2 Å². The topological polar surface area (TPSA) is 39.7 Å². The number of rotatable bonds is 6. The molecule has 0 fully saturated rings. The van der Waals surface area contributed by atoms with Crippen LogP contribution in [0.25, 0.3) is 0 Å². The zero-order valence-electron chi connectivity index (χ0n) is 13.8. The summed E-state index contributed by atoms with van der Waals surface area (Å²) < 4.78 is 16.7. The van der Waals surface area contributed by atoms with E-state index in [9.17, 15) is 0 Å². The number of methoxy groups -OCH3 is 3. The highest BCUT2D eigenvalue weighted by Crippen LogP contribution is 2.50. The Balaban J connectivity index is 2.55. The normalized spacial score (nSPS) is 20.8. The average molecular weight is 293 g/mol. The van der Waals surface area contributed by atoms with E-state index < -0.39 is 0 Å². The summed E-state index contributed by atoms with van der Waals surface area (Å²) in [5.41, 5.74) is 2.55. The molecule has 1 aromatic carbocycles. The molecule has 4 heteroatoms. The van der Waals surface area contributed by atoms with Gasteiger partial charge in [0.15, 0.2) is 11.5 Å². The average Bonchev–Trinajstić information content (AvgIpc) is 2.52. The van der Waals surface area contributed by atoms with Crippen LogP contribution in [-0.2, 0) is 0 Å². The third-order valence-corrected chi connectivity index (χ3v) is 4.30. The van der Waals surface area contributed by atoms with Gasteiger partial charge in [-0.2, -0.15) is 0 Å². The summed E-state index contributed by atoms with van der Waals surface area (Å²) in [6.45, 7) is 5.47. The smallest absolute Gasteiger partial charge is 0.203 e. The van der Waals surface area contributed by atoms with Crippen molar-refractivity contribution < 1.29 is 14.2 Å². The molecule has 0 heterocycles. The lowest BCUT2D eigenvalue weighted by atomic mass is 9.80. The van der Waals surface area contributed by atoms with Crippen molar-refractivity contribution >= 4 is 0 Å². The molecule has 1 N–H and O–H groups in total. The Labute approximate surface area is 127 Å². The Morgan fingerprint density at radius 2 is 1.81 bits per heavy atom. The van der Waals surface area contributed by atoms with Crippen LogP contribution in [0.4, 0.5) is 0 Å². The van der Waals surface area contributed by atoms with E-state index in [1.165, 1.54) is 11.1 Å². The molecule has 21 heavy (non-hydrogen) atoms. The maximum Gasteiger partial charge on any atom is 0.203 e. The van der Waals surface area contributed by atoms with Crippen molar-refractivity contribution in [2.75, 3.05) is 27.9 Å². The van der Waals surface area contributed by atoms with E-state index in [-0.39, 0.29) is 0 Å². The van der Waals surface area contributed by atoms with Crippen molar-refractivity contribution in [3.05, 3.63) is 17.2 Å². The van der Waals surface area contributed by atoms with E-state index in [0.29, 0.717) is 17.7 Å². The zero-order chi connectivity index (χ0) is 15.4. The van der Waals surface area contributed by atoms with Crippen molar-refractivity contribution in [2.45, 2.75) is 45.1 Å². The predicted octanol–water partition coefficient (Wildman–Crippen LogP) is 3.65. The van der Waals surface area contributed by atoms with Gasteiger partial charge in [-0.3, -0.25) is 0 Å². The molecule has 0 aromatic heterocycles. The van der Waals surface area contributed by atoms with Gasteiger partial charge in [-0.1, -0.05) is 13.8 Å². The Morgan fingerprint density at radius 3 is 2.38 bits per heavy atom. The summed E-state index contributed by atoms with van der Waals surface area (Å²) in [5, 5.41) is 3.64. The molecule has 1 aliphatic rings. The summed E-state index contributed by atoms with van der Waals surface area (Å²) in [6.07, 6.45) is 3.43. The second kappa shape index (κ2) is 7.03. The van der Waals surface area contributed by atoms with E-state index in [1.54, 1.807) is 21.3 Å². The number of nitrogens with one attached hydrogen (secondary N) is 1. The van der Waals surface area contributed by atoms with Gasteiger partial charge in [0.2, 0.25) is 5.75 Å². The van der Waals surface area contributed by atoms with Crippen LogP contribution < -0.4 is 19.5 Å². The van der Waals surface area contributed by atoms with Crippen LogP contribution in [-0.4, -0.2) is 27.9 Å². The zero-order valence-corrected chi connectivity index (χ0v) is 13.8. The van der Waals surface area contributed by atoms with Gasteiger partial charge in [-0.15, -0.1) is 0 Å². The number of ether oxygens (including phenoxy) is 3. The molecule has 0 aliphatic heterocycles. The highest BCUT2D eigenvalue weighted by atomic mass is 16.5. The number of fused-ring (bicyclic) bond motifs is 1. The molecular formula is C17H27NO3. The van der Waals surface area contributed by atoms with Crippen LogP contribution in [0.5, 0.6) is 17.2 Å². The first kappa shape index (κ1) is 16.0. The Bertz CT molecular complexity index is 487. The molecule has 2 unspecified atom stereocenters. The summed E-state index contributed by atoms with van der Waals surface area (Å²) in [4.78, 5) is 0. The van der Waals surface area contributed by atoms with Crippen LogP contribution in [0.2, 0.25) is 0 Å². The summed E-state index contributed by atoms with van der Waals surface area (Å²) in [5.74, 6) is 2.73. The summed E-state index contributed by atoms with van der Waals surface area (Å²) in [7, 11) is 5.03.